The first-order valence-corrected chi connectivity index (χ1v) is 4.78. The minimum Gasteiger partial charge on any atom is -0.478 e. The van der Waals surface area contributed by atoms with Crippen molar-refractivity contribution in [3.05, 3.63) is 35.4 Å². The summed E-state index contributed by atoms with van der Waals surface area (Å²) < 4.78 is 0. The molecule has 0 saturated carbocycles. The molecular formula is C11H12N2O3. The fourth-order valence-electron chi connectivity index (χ4n) is 0.970. The van der Waals surface area contributed by atoms with Crippen molar-refractivity contribution < 1.29 is 14.7 Å². The van der Waals surface area contributed by atoms with E-state index in [1.54, 1.807) is 19.1 Å². The van der Waals surface area contributed by atoms with Crippen molar-refractivity contribution in [2.24, 2.45) is 5.10 Å². The van der Waals surface area contributed by atoms with Crippen molar-refractivity contribution in [2.45, 2.75) is 13.3 Å². The van der Waals surface area contributed by atoms with Gasteiger partial charge in [-0.05, 0) is 17.7 Å². The second kappa shape index (κ2) is 5.65. The van der Waals surface area contributed by atoms with Gasteiger partial charge in [0.2, 0.25) is 5.91 Å². The number of carboxylic acids is 1. The Hall–Kier alpha value is -2.17. The van der Waals surface area contributed by atoms with Crippen molar-refractivity contribution in [3.63, 3.8) is 0 Å². The minimum atomic E-state index is -0.970. The van der Waals surface area contributed by atoms with Crippen LogP contribution in [0, 0.1) is 0 Å². The third-order valence-electron chi connectivity index (χ3n) is 1.88. The van der Waals surface area contributed by atoms with Crippen LogP contribution in [0.5, 0.6) is 0 Å². The van der Waals surface area contributed by atoms with Gasteiger partial charge in [0.1, 0.15) is 0 Å². The number of carbonyl (C=O) groups is 2. The van der Waals surface area contributed by atoms with Crippen molar-refractivity contribution in [3.8, 4) is 0 Å². The number of nitrogens with one attached hydrogen (secondary N) is 1. The number of rotatable bonds is 4. The molecule has 5 nitrogen and oxygen atoms in total. The summed E-state index contributed by atoms with van der Waals surface area (Å²) in [4.78, 5) is 21.4. The van der Waals surface area contributed by atoms with Crippen LogP contribution >= 0.6 is 0 Å². The van der Waals surface area contributed by atoms with E-state index < -0.39 is 5.97 Å². The second-order valence-corrected chi connectivity index (χ2v) is 3.07. The zero-order valence-electron chi connectivity index (χ0n) is 8.80. The Morgan fingerprint density at radius 1 is 1.38 bits per heavy atom. The topological polar surface area (TPSA) is 78.8 Å². The molecule has 16 heavy (non-hydrogen) atoms. The Bertz CT molecular complexity index is 410. The molecule has 84 valence electrons. The summed E-state index contributed by atoms with van der Waals surface area (Å²) in [6, 6.07) is 6.19. The van der Waals surface area contributed by atoms with E-state index in [1.165, 1.54) is 18.3 Å². The van der Waals surface area contributed by atoms with Crippen molar-refractivity contribution >= 4 is 18.1 Å². The molecule has 0 aliphatic carbocycles. The molecule has 1 amide bonds. The average molecular weight is 220 g/mol. The number of amides is 1. The van der Waals surface area contributed by atoms with Gasteiger partial charge in [0, 0.05) is 6.42 Å². The first-order valence-electron chi connectivity index (χ1n) is 4.78. The smallest absolute Gasteiger partial charge is 0.335 e. The SMILES string of the molecule is CCC(=O)NN=Cc1ccc(C(=O)O)cc1. The molecule has 1 aromatic carbocycles. The second-order valence-electron chi connectivity index (χ2n) is 3.07. The highest BCUT2D eigenvalue weighted by molar-refractivity contribution is 5.89. The maximum Gasteiger partial charge on any atom is 0.335 e. The fraction of sp³-hybridized carbons (Fsp3) is 0.182. The largest absolute Gasteiger partial charge is 0.478 e. The van der Waals surface area contributed by atoms with Crippen molar-refractivity contribution in [1.29, 1.82) is 0 Å². The van der Waals surface area contributed by atoms with Gasteiger partial charge in [-0.1, -0.05) is 19.1 Å². The first kappa shape index (κ1) is 11.9. The quantitative estimate of drug-likeness (QED) is 0.592. The van der Waals surface area contributed by atoms with Crippen molar-refractivity contribution in [1.82, 2.24) is 5.43 Å². The molecule has 1 rings (SSSR count). The maximum absolute atomic E-state index is 10.8. The van der Waals surface area contributed by atoms with E-state index in [9.17, 15) is 9.59 Å². The molecular weight excluding hydrogens is 208 g/mol. The zero-order chi connectivity index (χ0) is 12.0. The number of aromatic carboxylic acids is 1. The number of carboxylic acid groups (broad SMARTS) is 1. The Morgan fingerprint density at radius 3 is 2.50 bits per heavy atom. The Morgan fingerprint density at radius 2 is 2.00 bits per heavy atom. The van der Waals surface area contributed by atoms with E-state index in [4.69, 9.17) is 5.11 Å². The summed E-state index contributed by atoms with van der Waals surface area (Å²) in [6.07, 6.45) is 1.83. The van der Waals surface area contributed by atoms with Gasteiger partial charge in [0.25, 0.3) is 0 Å². The predicted octanol–water partition coefficient (Wildman–Crippen LogP) is 1.24. The summed E-state index contributed by atoms with van der Waals surface area (Å²) in [7, 11) is 0. The van der Waals surface area contributed by atoms with Gasteiger partial charge >= 0.3 is 5.97 Å². The molecule has 0 radical (unpaired) electrons. The normalized spacial score (nSPS) is 10.3. The highest BCUT2D eigenvalue weighted by atomic mass is 16.4. The summed E-state index contributed by atoms with van der Waals surface area (Å²) in [6.45, 7) is 1.73. The van der Waals surface area contributed by atoms with Crippen LogP contribution in [0.1, 0.15) is 29.3 Å². The van der Waals surface area contributed by atoms with Crippen molar-refractivity contribution in [2.75, 3.05) is 0 Å². The Balaban J connectivity index is 2.61. The Labute approximate surface area is 92.8 Å². The number of nitrogens with zero attached hydrogens (tertiary/aromatic N) is 1. The molecule has 1 aromatic rings. The van der Waals surface area contributed by atoms with Crippen LogP contribution in [0.2, 0.25) is 0 Å². The van der Waals surface area contributed by atoms with E-state index in [0.717, 1.165) is 5.56 Å². The molecule has 0 saturated heterocycles. The van der Waals surface area contributed by atoms with Gasteiger partial charge in [-0.3, -0.25) is 4.79 Å². The van der Waals surface area contributed by atoms with Crippen LogP contribution < -0.4 is 5.43 Å². The highest BCUT2D eigenvalue weighted by Crippen LogP contribution is 2.01. The molecule has 0 atom stereocenters. The van der Waals surface area contributed by atoms with Gasteiger partial charge in [0.15, 0.2) is 0 Å². The molecule has 0 aliphatic heterocycles. The molecule has 0 aliphatic rings. The van der Waals surface area contributed by atoms with Crippen LogP contribution in [0.4, 0.5) is 0 Å². The molecule has 0 fully saturated rings. The summed E-state index contributed by atoms with van der Waals surface area (Å²) in [5.74, 6) is -1.14. The summed E-state index contributed by atoms with van der Waals surface area (Å²) in [5.41, 5.74) is 3.27. The molecule has 2 N–H and O–H groups in total. The van der Waals surface area contributed by atoms with Crippen LogP contribution in [0.25, 0.3) is 0 Å². The molecule has 5 heteroatoms. The third-order valence-corrected chi connectivity index (χ3v) is 1.88. The van der Waals surface area contributed by atoms with Gasteiger partial charge in [-0.15, -0.1) is 0 Å². The number of hydrazone groups is 1. The van der Waals surface area contributed by atoms with E-state index in [-0.39, 0.29) is 11.5 Å². The van der Waals surface area contributed by atoms with Crippen LogP contribution in [0.3, 0.4) is 0 Å². The van der Waals surface area contributed by atoms with Crippen LogP contribution in [-0.2, 0) is 4.79 Å². The molecule has 0 unspecified atom stereocenters. The monoisotopic (exact) mass is 220 g/mol. The van der Waals surface area contributed by atoms with Gasteiger partial charge in [0.05, 0.1) is 11.8 Å². The number of hydrogen-bond acceptors (Lipinski definition) is 3. The van der Waals surface area contributed by atoms with Crippen LogP contribution in [0.15, 0.2) is 29.4 Å². The number of benzene rings is 1. The van der Waals surface area contributed by atoms with Gasteiger partial charge < -0.3 is 5.11 Å². The predicted molar refractivity (Wildman–Crippen MR) is 59.4 cm³/mol. The molecule has 0 heterocycles. The summed E-state index contributed by atoms with van der Waals surface area (Å²) in [5, 5.41) is 12.4. The standard InChI is InChI=1S/C11H12N2O3/c1-2-10(14)13-12-7-8-3-5-9(6-4-8)11(15)16/h3-7H,2H2,1H3,(H,13,14)(H,15,16). The minimum absolute atomic E-state index is 0.168. The maximum atomic E-state index is 10.8. The lowest BCUT2D eigenvalue weighted by Gasteiger charge is -1.96. The van der Waals surface area contributed by atoms with E-state index in [1.807, 2.05) is 0 Å². The van der Waals surface area contributed by atoms with Gasteiger partial charge in [-0.25, -0.2) is 10.2 Å². The molecule has 0 bridgehead atoms. The van der Waals surface area contributed by atoms with Gasteiger partial charge in [-0.2, -0.15) is 5.10 Å². The molecule has 0 aromatic heterocycles. The fourth-order valence-corrected chi connectivity index (χ4v) is 0.970. The van der Waals surface area contributed by atoms with E-state index in [2.05, 4.69) is 10.5 Å². The first-order chi connectivity index (χ1) is 7.63. The number of hydrogen-bond donors (Lipinski definition) is 2. The summed E-state index contributed by atoms with van der Waals surface area (Å²) >= 11 is 0. The lowest BCUT2D eigenvalue weighted by Crippen LogP contribution is -2.15. The highest BCUT2D eigenvalue weighted by Gasteiger charge is 2.00. The Kier molecular flexibility index (Phi) is 4.20. The zero-order valence-corrected chi connectivity index (χ0v) is 8.80. The van der Waals surface area contributed by atoms with E-state index >= 15 is 0 Å². The number of carbonyl (C=O) groups excluding carboxylic acids is 1. The molecule has 0 spiro atoms. The van der Waals surface area contributed by atoms with Crippen LogP contribution in [-0.4, -0.2) is 23.2 Å². The lowest BCUT2D eigenvalue weighted by molar-refractivity contribution is -0.120. The van der Waals surface area contributed by atoms with E-state index in [0.29, 0.717) is 6.42 Å². The lowest BCUT2D eigenvalue weighted by atomic mass is 10.1. The average Bonchev–Trinajstić information content (AvgIpc) is 2.29. The third kappa shape index (κ3) is 3.53.